The molecule has 0 radical (unpaired) electrons. The Morgan fingerprint density at radius 3 is 2.13 bits per heavy atom. The molecule has 1 aliphatic rings. The van der Waals surface area contributed by atoms with E-state index in [1.165, 1.54) is 6.92 Å². The minimum atomic E-state index is -1.21. The topological polar surface area (TPSA) is 114 Å². The van der Waals surface area contributed by atoms with Crippen molar-refractivity contribution in [2.24, 2.45) is 0 Å². The number of alkyl carbamates (subject to hydrolysis) is 1. The quantitative estimate of drug-likeness (QED) is 0.575. The summed E-state index contributed by atoms with van der Waals surface area (Å²) in [6.07, 6.45) is -1.66. The lowest BCUT2D eigenvalue weighted by molar-refractivity contribution is -0.159. The molecule has 2 amide bonds. The summed E-state index contributed by atoms with van der Waals surface area (Å²) in [6.45, 7) is 3.11. The zero-order valence-electron chi connectivity index (χ0n) is 16.8. The summed E-state index contributed by atoms with van der Waals surface area (Å²) in [7, 11) is 0. The number of benzene rings is 2. The molecule has 0 saturated carbocycles. The van der Waals surface area contributed by atoms with Crippen LogP contribution in [0, 0.1) is 0 Å². The van der Waals surface area contributed by atoms with Gasteiger partial charge in [-0.25, -0.2) is 15.1 Å². The van der Waals surface area contributed by atoms with Crippen LogP contribution in [0.2, 0.25) is 0 Å². The summed E-state index contributed by atoms with van der Waals surface area (Å²) in [5, 5.41) is 11.3. The molecule has 0 saturated heterocycles. The van der Waals surface area contributed by atoms with Crippen molar-refractivity contribution in [1.29, 1.82) is 0 Å². The maximum absolute atomic E-state index is 12.3. The molecule has 0 fully saturated rings. The van der Waals surface area contributed by atoms with E-state index in [0.29, 0.717) is 0 Å². The molecule has 0 aliphatic heterocycles. The number of hydrogen-bond acceptors (Lipinski definition) is 5. The van der Waals surface area contributed by atoms with Crippen molar-refractivity contribution >= 4 is 18.0 Å². The highest BCUT2D eigenvalue weighted by atomic mass is 16.7. The van der Waals surface area contributed by atoms with Crippen LogP contribution in [0.5, 0.6) is 0 Å². The Balaban J connectivity index is 1.59. The summed E-state index contributed by atoms with van der Waals surface area (Å²) in [5.41, 5.74) is 6.48. The molecule has 30 heavy (non-hydrogen) atoms. The average molecular weight is 412 g/mol. The molecule has 0 aromatic heterocycles. The number of carbonyl (C=O) groups excluding carboxylic acids is 2. The normalized spacial score (nSPS) is 14.2. The van der Waals surface area contributed by atoms with Gasteiger partial charge in [-0.05, 0) is 35.6 Å². The number of carbonyl (C=O) groups is 3. The van der Waals surface area contributed by atoms with Gasteiger partial charge >= 0.3 is 12.1 Å². The van der Waals surface area contributed by atoms with Gasteiger partial charge in [-0.3, -0.25) is 9.63 Å². The van der Waals surface area contributed by atoms with Crippen LogP contribution in [-0.2, 0) is 19.2 Å². The molecule has 3 N–H and O–H groups in total. The van der Waals surface area contributed by atoms with Gasteiger partial charge in [-0.2, -0.15) is 0 Å². The number of carboxylic acid groups (broad SMARTS) is 1. The number of ether oxygens (including phenoxy) is 1. The zero-order valence-corrected chi connectivity index (χ0v) is 16.8. The van der Waals surface area contributed by atoms with Gasteiger partial charge in [0.25, 0.3) is 5.91 Å². The van der Waals surface area contributed by atoms with E-state index in [0.717, 1.165) is 22.3 Å². The molecule has 158 valence electrons. The second-order valence-corrected chi connectivity index (χ2v) is 7.00. The highest BCUT2D eigenvalue weighted by molar-refractivity contribution is 5.85. The molecule has 8 nitrogen and oxygen atoms in total. The molecule has 0 bridgehead atoms. The van der Waals surface area contributed by atoms with Crippen molar-refractivity contribution in [2.45, 2.75) is 38.3 Å². The van der Waals surface area contributed by atoms with Crippen molar-refractivity contribution in [3.63, 3.8) is 0 Å². The number of nitrogens with one attached hydrogen (secondary N) is 2. The smallest absolute Gasteiger partial charge is 0.407 e. The third kappa shape index (κ3) is 4.60. The summed E-state index contributed by atoms with van der Waals surface area (Å²) >= 11 is 0. The van der Waals surface area contributed by atoms with E-state index in [2.05, 4.69) is 10.8 Å². The van der Waals surface area contributed by atoms with Gasteiger partial charge in [0.1, 0.15) is 12.6 Å². The van der Waals surface area contributed by atoms with Gasteiger partial charge in [0, 0.05) is 5.92 Å². The number of carboxylic acids is 1. The maximum Gasteiger partial charge on any atom is 0.407 e. The van der Waals surface area contributed by atoms with Crippen molar-refractivity contribution in [3.8, 4) is 11.1 Å². The molecule has 2 aromatic rings. The number of fused-ring (bicyclic) bond motifs is 3. The Bertz CT molecular complexity index is 899. The second-order valence-electron chi connectivity index (χ2n) is 7.00. The lowest BCUT2D eigenvalue weighted by atomic mass is 9.98. The van der Waals surface area contributed by atoms with Gasteiger partial charge in [0.15, 0.2) is 6.10 Å². The third-order valence-corrected chi connectivity index (χ3v) is 5.04. The van der Waals surface area contributed by atoms with E-state index in [-0.39, 0.29) is 18.9 Å². The fraction of sp³-hybridized carbons (Fsp3) is 0.318. The van der Waals surface area contributed by atoms with Crippen LogP contribution in [0.1, 0.15) is 37.3 Å². The first-order chi connectivity index (χ1) is 14.4. The lowest BCUT2D eigenvalue weighted by Gasteiger charge is -2.19. The number of hydroxylamine groups is 1. The highest BCUT2D eigenvalue weighted by Gasteiger charge is 2.29. The predicted molar refractivity (Wildman–Crippen MR) is 109 cm³/mol. The molecule has 1 unspecified atom stereocenters. The minimum Gasteiger partial charge on any atom is -0.479 e. The van der Waals surface area contributed by atoms with Gasteiger partial charge in [0.05, 0.1) is 0 Å². The molecule has 8 heteroatoms. The Kier molecular flexibility index (Phi) is 6.68. The number of rotatable bonds is 8. The van der Waals surface area contributed by atoms with Crippen molar-refractivity contribution in [3.05, 3.63) is 59.7 Å². The zero-order chi connectivity index (χ0) is 21.7. The lowest BCUT2D eigenvalue weighted by Crippen LogP contribution is -2.47. The van der Waals surface area contributed by atoms with Crippen molar-refractivity contribution in [2.75, 3.05) is 6.61 Å². The largest absolute Gasteiger partial charge is 0.479 e. The maximum atomic E-state index is 12.3. The monoisotopic (exact) mass is 412 g/mol. The number of hydrogen-bond donors (Lipinski definition) is 3. The van der Waals surface area contributed by atoms with Crippen LogP contribution >= 0.6 is 0 Å². The van der Waals surface area contributed by atoms with E-state index in [1.807, 2.05) is 48.5 Å². The van der Waals surface area contributed by atoms with Crippen LogP contribution in [0.25, 0.3) is 11.1 Å². The minimum absolute atomic E-state index is 0.0863. The van der Waals surface area contributed by atoms with E-state index in [4.69, 9.17) is 14.7 Å². The van der Waals surface area contributed by atoms with Crippen LogP contribution in [-0.4, -0.2) is 41.8 Å². The van der Waals surface area contributed by atoms with Crippen molar-refractivity contribution in [1.82, 2.24) is 10.8 Å². The van der Waals surface area contributed by atoms with E-state index < -0.39 is 30.1 Å². The molecule has 2 atom stereocenters. The number of amides is 2. The fourth-order valence-electron chi connectivity index (χ4n) is 3.40. The Hall–Kier alpha value is -3.39. The van der Waals surface area contributed by atoms with Crippen LogP contribution in [0.15, 0.2) is 48.5 Å². The van der Waals surface area contributed by atoms with Gasteiger partial charge in [0.2, 0.25) is 0 Å². The Labute approximate surface area is 174 Å². The highest BCUT2D eigenvalue weighted by Crippen LogP contribution is 2.44. The van der Waals surface area contributed by atoms with Crippen LogP contribution in [0.4, 0.5) is 4.79 Å². The summed E-state index contributed by atoms with van der Waals surface area (Å²) in [6, 6.07) is 15.1. The van der Waals surface area contributed by atoms with Crippen LogP contribution in [0.3, 0.4) is 0 Å². The van der Waals surface area contributed by atoms with E-state index in [1.54, 1.807) is 6.92 Å². The molecule has 1 aliphatic carbocycles. The van der Waals surface area contributed by atoms with Crippen molar-refractivity contribution < 1.29 is 29.1 Å². The second kappa shape index (κ2) is 9.41. The standard InChI is InChI=1S/C22H24N2O6/c1-3-19(20(25)24-30-13(2)21(26)27)23-22(28)29-12-18-16-10-6-4-8-14(16)15-9-5-7-11-17(15)18/h4-11,13,18-19H,3,12H2,1-2H3,(H,23,28)(H,24,25)(H,26,27)/t13?,19-/m0/s1. The van der Waals surface area contributed by atoms with Crippen LogP contribution < -0.4 is 10.8 Å². The molecule has 0 spiro atoms. The molecule has 3 rings (SSSR count). The third-order valence-electron chi connectivity index (χ3n) is 5.04. The molecular formula is C22H24N2O6. The number of aliphatic carboxylic acids is 1. The predicted octanol–water partition coefficient (Wildman–Crippen LogP) is 2.82. The first kappa shape index (κ1) is 21.3. The summed E-state index contributed by atoms with van der Waals surface area (Å²) in [4.78, 5) is 39.9. The Morgan fingerprint density at radius 2 is 1.60 bits per heavy atom. The SMILES string of the molecule is CC[C@H](NC(=O)OCC1c2ccccc2-c2ccccc21)C(=O)NOC(C)C(=O)O. The summed E-state index contributed by atoms with van der Waals surface area (Å²) < 4.78 is 5.42. The first-order valence-corrected chi connectivity index (χ1v) is 9.72. The molecule has 2 aromatic carbocycles. The molecular weight excluding hydrogens is 388 g/mol. The molecule has 0 heterocycles. The Morgan fingerprint density at radius 1 is 1.03 bits per heavy atom. The first-order valence-electron chi connectivity index (χ1n) is 9.72. The van der Waals surface area contributed by atoms with Gasteiger partial charge in [-0.15, -0.1) is 0 Å². The van der Waals surface area contributed by atoms with E-state index in [9.17, 15) is 14.4 Å². The fourth-order valence-corrected chi connectivity index (χ4v) is 3.40. The van der Waals surface area contributed by atoms with E-state index >= 15 is 0 Å². The summed E-state index contributed by atoms with van der Waals surface area (Å²) in [5.74, 6) is -1.95. The van der Waals surface area contributed by atoms with Gasteiger partial charge < -0.3 is 15.2 Å². The average Bonchev–Trinajstić information content (AvgIpc) is 3.07. The van der Waals surface area contributed by atoms with Gasteiger partial charge in [-0.1, -0.05) is 55.5 Å².